The van der Waals surface area contributed by atoms with Crippen molar-refractivity contribution in [1.29, 1.82) is 0 Å². The smallest absolute Gasteiger partial charge is 0.226 e. The number of nitrogen functional groups attached to an aromatic ring is 1. The fourth-order valence-electron chi connectivity index (χ4n) is 2.11. The number of anilines is 1. The zero-order valence-electron chi connectivity index (χ0n) is 14.3. The van der Waals surface area contributed by atoms with Crippen LogP contribution in [0.25, 0.3) is 17.2 Å². The van der Waals surface area contributed by atoms with Crippen LogP contribution in [0.1, 0.15) is 13.8 Å². The molecular formula is C17H21N5O2. The highest BCUT2D eigenvalue weighted by atomic mass is 16.5. The summed E-state index contributed by atoms with van der Waals surface area (Å²) in [5, 5.41) is 8.09. The molecule has 0 spiro atoms. The van der Waals surface area contributed by atoms with Gasteiger partial charge in [-0.05, 0) is 26.0 Å². The number of ether oxygens (including phenoxy) is 2. The lowest BCUT2D eigenvalue weighted by molar-refractivity contribution is 0.307. The number of nitrogens with two attached hydrogens (primary N) is 1. The van der Waals surface area contributed by atoms with Crippen molar-refractivity contribution in [3.63, 3.8) is 0 Å². The molecule has 0 aliphatic rings. The molecule has 0 bridgehead atoms. The van der Waals surface area contributed by atoms with E-state index in [1.165, 1.54) is 0 Å². The Bertz CT molecular complexity index is 805. The number of pyridine rings is 1. The van der Waals surface area contributed by atoms with Crippen LogP contribution in [0.4, 0.5) is 5.95 Å². The van der Waals surface area contributed by atoms with E-state index in [9.17, 15) is 0 Å². The maximum atomic E-state index is 6.00. The largest absolute Gasteiger partial charge is 0.495 e. The summed E-state index contributed by atoms with van der Waals surface area (Å²) < 4.78 is 12.3. The summed E-state index contributed by atoms with van der Waals surface area (Å²) in [7, 11) is 3.15. The lowest BCUT2D eigenvalue weighted by atomic mass is 10.2. The molecule has 0 saturated carbocycles. The monoisotopic (exact) mass is 327 g/mol. The molecule has 2 rings (SSSR count). The van der Waals surface area contributed by atoms with Gasteiger partial charge in [0.15, 0.2) is 5.82 Å². The van der Waals surface area contributed by atoms with Crippen LogP contribution >= 0.6 is 0 Å². The van der Waals surface area contributed by atoms with Crippen molar-refractivity contribution < 1.29 is 9.47 Å². The van der Waals surface area contributed by atoms with Crippen LogP contribution in [0.2, 0.25) is 0 Å². The number of methoxy groups -OCH3 is 2. The topological polar surface area (TPSA) is 88.1 Å². The molecule has 0 aliphatic heterocycles. The Hall–Kier alpha value is -3.09. The summed E-state index contributed by atoms with van der Waals surface area (Å²) in [4.78, 5) is 4.38. The van der Waals surface area contributed by atoms with Gasteiger partial charge in [-0.25, -0.2) is 4.98 Å². The molecule has 2 heterocycles. The van der Waals surface area contributed by atoms with E-state index in [0.717, 1.165) is 11.3 Å². The first kappa shape index (κ1) is 17.3. The highest BCUT2D eigenvalue weighted by Crippen LogP contribution is 2.25. The standard InChI is InChI=1S/C17H21N5O2/c1-11(2)9-10-14(23-4)12(3)22-16(20-21-17(22)18)13-7-6-8-15(19-13)24-5/h6-10H,1H2,2-5H3,(H2,18,21)/b10-9-,14-12-. The van der Waals surface area contributed by atoms with E-state index >= 15 is 0 Å². The van der Waals surface area contributed by atoms with Gasteiger partial charge in [0.2, 0.25) is 11.8 Å². The van der Waals surface area contributed by atoms with E-state index in [1.54, 1.807) is 24.9 Å². The molecule has 0 unspecified atom stereocenters. The Labute approximate surface area is 141 Å². The molecule has 7 heteroatoms. The van der Waals surface area contributed by atoms with Gasteiger partial charge in [0, 0.05) is 6.07 Å². The first-order chi connectivity index (χ1) is 11.5. The first-order valence-electron chi connectivity index (χ1n) is 7.29. The Kier molecular flexibility index (Phi) is 5.36. The normalized spacial score (nSPS) is 12.2. The fraction of sp³-hybridized carbons (Fsp3) is 0.235. The predicted octanol–water partition coefficient (Wildman–Crippen LogP) is 2.90. The minimum Gasteiger partial charge on any atom is -0.495 e. The van der Waals surface area contributed by atoms with Crippen molar-refractivity contribution >= 4 is 11.6 Å². The van der Waals surface area contributed by atoms with Gasteiger partial charge in [-0.3, -0.25) is 4.57 Å². The van der Waals surface area contributed by atoms with E-state index in [0.29, 0.717) is 23.2 Å². The number of rotatable bonds is 6. The summed E-state index contributed by atoms with van der Waals surface area (Å²) in [6, 6.07) is 5.39. The molecule has 0 radical (unpaired) electrons. The Morgan fingerprint density at radius 3 is 2.58 bits per heavy atom. The quantitative estimate of drug-likeness (QED) is 0.648. The maximum Gasteiger partial charge on any atom is 0.226 e. The number of allylic oxidation sites excluding steroid dienone is 4. The van der Waals surface area contributed by atoms with Gasteiger partial charge in [0.25, 0.3) is 0 Å². The van der Waals surface area contributed by atoms with Crippen molar-refractivity contribution in [3.05, 3.63) is 48.3 Å². The van der Waals surface area contributed by atoms with Crippen molar-refractivity contribution in [2.45, 2.75) is 13.8 Å². The Morgan fingerprint density at radius 1 is 1.21 bits per heavy atom. The number of aromatic nitrogens is 4. The summed E-state index contributed by atoms with van der Waals surface area (Å²) in [6.07, 6.45) is 3.67. The molecule has 0 aliphatic carbocycles. The second kappa shape index (κ2) is 7.45. The molecule has 0 saturated heterocycles. The summed E-state index contributed by atoms with van der Waals surface area (Å²) >= 11 is 0. The van der Waals surface area contributed by atoms with Crippen molar-refractivity contribution in [3.8, 4) is 17.4 Å². The molecular weight excluding hydrogens is 306 g/mol. The molecule has 7 nitrogen and oxygen atoms in total. The second-order valence-electron chi connectivity index (χ2n) is 5.12. The van der Waals surface area contributed by atoms with E-state index in [-0.39, 0.29) is 5.95 Å². The molecule has 0 amide bonds. The van der Waals surface area contributed by atoms with Gasteiger partial charge in [0.1, 0.15) is 11.5 Å². The van der Waals surface area contributed by atoms with Gasteiger partial charge >= 0.3 is 0 Å². The number of nitrogens with zero attached hydrogens (tertiary/aromatic N) is 4. The summed E-state index contributed by atoms with van der Waals surface area (Å²) in [5.74, 6) is 1.85. The summed E-state index contributed by atoms with van der Waals surface area (Å²) in [5.41, 5.74) is 8.23. The fourth-order valence-corrected chi connectivity index (χ4v) is 2.11. The molecule has 0 aromatic carbocycles. The van der Waals surface area contributed by atoms with Crippen molar-refractivity contribution in [2.75, 3.05) is 20.0 Å². The van der Waals surface area contributed by atoms with E-state index < -0.39 is 0 Å². The van der Waals surface area contributed by atoms with Crippen LogP contribution in [-0.4, -0.2) is 34.0 Å². The average Bonchev–Trinajstić information content (AvgIpc) is 2.96. The highest BCUT2D eigenvalue weighted by Gasteiger charge is 2.17. The second-order valence-corrected chi connectivity index (χ2v) is 5.12. The highest BCUT2D eigenvalue weighted by molar-refractivity contribution is 5.64. The van der Waals surface area contributed by atoms with E-state index in [4.69, 9.17) is 15.2 Å². The van der Waals surface area contributed by atoms with Gasteiger partial charge in [-0.1, -0.05) is 24.3 Å². The zero-order chi connectivity index (χ0) is 17.7. The molecule has 0 atom stereocenters. The van der Waals surface area contributed by atoms with Gasteiger partial charge in [-0.2, -0.15) is 0 Å². The van der Waals surface area contributed by atoms with Gasteiger partial charge in [-0.15, -0.1) is 10.2 Å². The first-order valence-corrected chi connectivity index (χ1v) is 7.29. The van der Waals surface area contributed by atoms with Crippen LogP contribution in [-0.2, 0) is 4.74 Å². The molecule has 24 heavy (non-hydrogen) atoms. The average molecular weight is 327 g/mol. The Morgan fingerprint density at radius 2 is 1.96 bits per heavy atom. The van der Waals surface area contributed by atoms with Gasteiger partial charge < -0.3 is 15.2 Å². The molecule has 2 aromatic rings. The van der Waals surface area contributed by atoms with Crippen LogP contribution in [0.15, 0.2) is 48.3 Å². The number of hydrogen-bond acceptors (Lipinski definition) is 6. The van der Waals surface area contributed by atoms with Crippen LogP contribution < -0.4 is 10.5 Å². The lowest BCUT2D eigenvalue weighted by Gasteiger charge is -2.12. The molecule has 126 valence electrons. The van der Waals surface area contributed by atoms with Gasteiger partial charge in [0.05, 0.1) is 19.9 Å². The maximum absolute atomic E-state index is 6.00. The minimum absolute atomic E-state index is 0.241. The third-order valence-electron chi connectivity index (χ3n) is 3.28. The van der Waals surface area contributed by atoms with Crippen LogP contribution in [0.5, 0.6) is 5.88 Å². The zero-order valence-corrected chi connectivity index (χ0v) is 14.3. The van der Waals surface area contributed by atoms with Crippen molar-refractivity contribution in [2.24, 2.45) is 0 Å². The SMILES string of the molecule is C=C(C)/C=C\C(OC)=C(/C)n1c(N)nnc1-c1cccc(OC)n1. The van der Waals surface area contributed by atoms with Crippen LogP contribution in [0, 0.1) is 0 Å². The van der Waals surface area contributed by atoms with E-state index in [2.05, 4.69) is 21.8 Å². The third-order valence-corrected chi connectivity index (χ3v) is 3.28. The minimum atomic E-state index is 0.241. The summed E-state index contributed by atoms with van der Waals surface area (Å²) in [6.45, 7) is 7.61. The third kappa shape index (κ3) is 3.62. The molecule has 2 N–H and O–H groups in total. The lowest BCUT2D eigenvalue weighted by Crippen LogP contribution is -2.06. The van der Waals surface area contributed by atoms with Crippen LogP contribution in [0.3, 0.4) is 0 Å². The predicted molar refractivity (Wildman–Crippen MR) is 94.1 cm³/mol. The van der Waals surface area contributed by atoms with Crippen molar-refractivity contribution in [1.82, 2.24) is 19.7 Å². The van der Waals surface area contributed by atoms with E-state index in [1.807, 2.05) is 38.1 Å². The molecule has 0 fully saturated rings. The Balaban J connectivity index is 2.58. The number of hydrogen-bond donors (Lipinski definition) is 1. The molecule has 2 aromatic heterocycles.